The average molecular weight is 300 g/mol. The number of aryl methyl sites for hydroxylation is 2. The number of nitrogen functional groups attached to an aromatic ring is 1. The van der Waals surface area contributed by atoms with E-state index in [4.69, 9.17) is 22.2 Å². The Bertz CT molecular complexity index is 641. The van der Waals surface area contributed by atoms with Crippen molar-refractivity contribution >= 4 is 17.4 Å². The Kier molecular flexibility index (Phi) is 4.06. The summed E-state index contributed by atoms with van der Waals surface area (Å²) in [5, 5.41) is 0.606. The Hall–Kier alpha value is -1.92. The summed E-state index contributed by atoms with van der Waals surface area (Å²) in [7, 11) is 0. The minimum absolute atomic E-state index is 0.302. The van der Waals surface area contributed by atoms with Crippen LogP contribution in [-0.2, 0) is 0 Å². The van der Waals surface area contributed by atoms with Gasteiger partial charge >= 0.3 is 0 Å². The molecule has 0 aliphatic rings. The molecule has 0 spiro atoms. The van der Waals surface area contributed by atoms with Gasteiger partial charge in [-0.25, -0.2) is 14.6 Å². The molecule has 0 bridgehead atoms. The zero-order valence-electron chi connectivity index (χ0n) is 10.8. The van der Waals surface area contributed by atoms with E-state index in [2.05, 4.69) is 4.98 Å². The van der Waals surface area contributed by atoms with Crippen LogP contribution in [-0.4, -0.2) is 4.98 Å². The summed E-state index contributed by atoms with van der Waals surface area (Å²) in [6.45, 7) is 3.59. The number of anilines is 1. The Labute approximate surface area is 119 Å². The maximum absolute atomic E-state index is 13.6. The number of nitrogens with zero attached hydrogens (tertiary/aromatic N) is 1. The Morgan fingerprint density at radius 2 is 1.75 bits per heavy atom. The van der Waals surface area contributed by atoms with Crippen molar-refractivity contribution in [1.82, 2.24) is 4.98 Å². The minimum atomic E-state index is -0.924. The normalized spacial score (nSPS) is 10.5. The van der Waals surface area contributed by atoms with Gasteiger partial charge in [0.05, 0.1) is 0 Å². The molecular formula is C13H12ClF2N3O. The summed E-state index contributed by atoms with van der Waals surface area (Å²) in [5.74, 6) is 2.93. The van der Waals surface area contributed by atoms with Crippen LogP contribution in [0.1, 0.15) is 11.1 Å². The molecule has 0 fully saturated rings. The lowest BCUT2D eigenvalue weighted by atomic mass is 10.1. The molecule has 20 heavy (non-hydrogen) atoms. The van der Waals surface area contributed by atoms with Crippen molar-refractivity contribution in [3.05, 3.63) is 46.0 Å². The van der Waals surface area contributed by atoms with E-state index < -0.39 is 11.6 Å². The molecule has 106 valence electrons. The number of pyridine rings is 1. The predicted molar refractivity (Wildman–Crippen MR) is 73.0 cm³/mol. The van der Waals surface area contributed by atoms with E-state index in [1.165, 1.54) is 0 Å². The van der Waals surface area contributed by atoms with E-state index >= 15 is 0 Å². The number of benzene rings is 1. The third kappa shape index (κ3) is 2.81. The lowest BCUT2D eigenvalue weighted by Gasteiger charge is -2.11. The number of halogens is 3. The van der Waals surface area contributed by atoms with Gasteiger partial charge in [-0.05, 0) is 37.1 Å². The lowest BCUT2D eigenvalue weighted by molar-refractivity contribution is 0.417. The fourth-order valence-electron chi connectivity index (χ4n) is 1.70. The standard InChI is InChI=1S/C13H12ClF2N3O/c1-6-3-8(4-7(2)11(6)14)20-13-10(16)5-9(15)12(18-13)19-17/h3-5H,17H2,1-2H3,(H,18,19). The first-order valence-electron chi connectivity index (χ1n) is 5.69. The van der Waals surface area contributed by atoms with Gasteiger partial charge in [0, 0.05) is 11.1 Å². The van der Waals surface area contributed by atoms with E-state index in [0.29, 0.717) is 16.8 Å². The molecule has 2 aromatic rings. The maximum atomic E-state index is 13.6. The van der Waals surface area contributed by atoms with E-state index in [0.717, 1.165) is 11.1 Å². The fraction of sp³-hybridized carbons (Fsp3) is 0.154. The number of hydrogen-bond donors (Lipinski definition) is 2. The second-order valence-electron chi connectivity index (χ2n) is 4.22. The molecule has 3 N–H and O–H groups in total. The topological polar surface area (TPSA) is 60.2 Å². The van der Waals surface area contributed by atoms with Crippen LogP contribution in [0.5, 0.6) is 11.6 Å². The summed E-state index contributed by atoms with van der Waals surface area (Å²) in [6, 6.07) is 3.91. The van der Waals surface area contributed by atoms with Crippen LogP contribution in [0.2, 0.25) is 5.02 Å². The van der Waals surface area contributed by atoms with Crippen molar-refractivity contribution < 1.29 is 13.5 Å². The van der Waals surface area contributed by atoms with Gasteiger partial charge in [0.2, 0.25) is 0 Å². The Balaban J connectivity index is 2.39. The average Bonchev–Trinajstić information content (AvgIpc) is 2.39. The number of nitrogens with two attached hydrogens (primary N) is 1. The number of rotatable bonds is 3. The van der Waals surface area contributed by atoms with Crippen molar-refractivity contribution in [2.75, 3.05) is 5.43 Å². The van der Waals surface area contributed by atoms with Crippen molar-refractivity contribution in [3.8, 4) is 11.6 Å². The van der Waals surface area contributed by atoms with Crippen LogP contribution in [0.4, 0.5) is 14.6 Å². The maximum Gasteiger partial charge on any atom is 0.258 e. The highest BCUT2D eigenvalue weighted by molar-refractivity contribution is 6.32. The van der Waals surface area contributed by atoms with Gasteiger partial charge in [-0.15, -0.1) is 0 Å². The zero-order valence-corrected chi connectivity index (χ0v) is 11.6. The first kappa shape index (κ1) is 14.5. The molecule has 4 nitrogen and oxygen atoms in total. The smallest absolute Gasteiger partial charge is 0.258 e. The first-order chi connectivity index (χ1) is 9.42. The molecule has 2 rings (SSSR count). The van der Waals surface area contributed by atoms with Gasteiger partial charge < -0.3 is 10.2 Å². The monoisotopic (exact) mass is 299 g/mol. The highest BCUT2D eigenvalue weighted by Crippen LogP contribution is 2.30. The molecule has 0 unspecified atom stereocenters. The van der Waals surface area contributed by atoms with Crippen LogP contribution < -0.4 is 16.0 Å². The number of aromatic nitrogens is 1. The van der Waals surface area contributed by atoms with Crippen LogP contribution >= 0.6 is 11.6 Å². The van der Waals surface area contributed by atoms with Crippen molar-refractivity contribution in [1.29, 1.82) is 0 Å². The number of nitrogens with one attached hydrogen (secondary N) is 1. The lowest BCUT2D eigenvalue weighted by Crippen LogP contribution is -2.11. The third-order valence-corrected chi connectivity index (χ3v) is 3.25. The Morgan fingerprint density at radius 1 is 1.15 bits per heavy atom. The van der Waals surface area contributed by atoms with Crippen molar-refractivity contribution in [2.24, 2.45) is 5.84 Å². The van der Waals surface area contributed by atoms with Crippen LogP contribution in [0.25, 0.3) is 0 Å². The molecule has 0 aliphatic carbocycles. The molecule has 0 radical (unpaired) electrons. The Morgan fingerprint density at radius 3 is 2.30 bits per heavy atom. The molecule has 0 aliphatic heterocycles. The third-order valence-electron chi connectivity index (χ3n) is 2.66. The predicted octanol–water partition coefficient (Wildman–Crippen LogP) is 3.71. The summed E-state index contributed by atoms with van der Waals surface area (Å²) in [5.41, 5.74) is 3.58. The summed E-state index contributed by atoms with van der Waals surface area (Å²) in [4.78, 5) is 3.63. The van der Waals surface area contributed by atoms with E-state index in [1.807, 2.05) is 5.43 Å². The quantitative estimate of drug-likeness (QED) is 0.670. The summed E-state index contributed by atoms with van der Waals surface area (Å²) in [6.07, 6.45) is 0. The van der Waals surface area contributed by atoms with Gasteiger partial charge in [-0.2, -0.15) is 4.98 Å². The molecule has 1 aromatic carbocycles. The van der Waals surface area contributed by atoms with Gasteiger partial charge in [0.1, 0.15) is 5.75 Å². The van der Waals surface area contributed by atoms with Crippen LogP contribution in [0, 0.1) is 25.5 Å². The van der Waals surface area contributed by atoms with E-state index in [1.54, 1.807) is 26.0 Å². The first-order valence-corrected chi connectivity index (χ1v) is 6.07. The van der Waals surface area contributed by atoms with Gasteiger partial charge in [0.25, 0.3) is 5.88 Å². The molecule has 1 heterocycles. The second kappa shape index (κ2) is 5.60. The highest BCUT2D eigenvalue weighted by Gasteiger charge is 2.14. The minimum Gasteiger partial charge on any atom is -0.436 e. The molecule has 0 atom stereocenters. The zero-order chi connectivity index (χ0) is 14.9. The van der Waals surface area contributed by atoms with Gasteiger partial charge in [0.15, 0.2) is 17.5 Å². The molecule has 7 heteroatoms. The molecule has 0 amide bonds. The van der Waals surface area contributed by atoms with Gasteiger partial charge in [-0.3, -0.25) is 0 Å². The number of hydrogen-bond acceptors (Lipinski definition) is 4. The highest BCUT2D eigenvalue weighted by atomic mass is 35.5. The van der Waals surface area contributed by atoms with Gasteiger partial charge in [-0.1, -0.05) is 11.6 Å². The summed E-state index contributed by atoms with van der Waals surface area (Å²) < 4.78 is 32.2. The second-order valence-corrected chi connectivity index (χ2v) is 4.60. The van der Waals surface area contributed by atoms with Crippen LogP contribution in [0.3, 0.4) is 0 Å². The SMILES string of the molecule is Cc1cc(Oc2nc(NN)c(F)cc2F)cc(C)c1Cl. The van der Waals surface area contributed by atoms with E-state index in [-0.39, 0.29) is 11.7 Å². The number of ether oxygens (including phenoxy) is 1. The fourth-order valence-corrected chi connectivity index (χ4v) is 1.81. The van der Waals surface area contributed by atoms with E-state index in [9.17, 15) is 8.78 Å². The molecular weight excluding hydrogens is 288 g/mol. The number of hydrazine groups is 1. The molecule has 0 saturated heterocycles. The molecule has 1 aromatic heterocycles. The van der Waals surface area contributed by atoms with Crippen molar-refractivity contribution in [3.63, 3.8) is 0 Å². The largest absolute Gasteiger partial charge is 0.436 e. The summed E-state index contributed by atoms with van der Waals surface area (Å²) >= 11 is 6.03. The van der Waals surface area contributed by atoms with Crippen molar-refractivity contribution in [2.45, 2.75) is 13.8 Å². The molecule has 0 saturated carbocycles. The van der Waals surface area contributed by atoms with Crippen LogP contribution in [0.15, 0.2) is 18.2 Å².